The quantitative estimate of drug-likeness (QED) is 0.267. The molecule has 4 rings (SSSR count). The first-order valence-corrected chi connectivity index (χ1v) is 11.9. The summed E-state index contributed by atoms with van der Waals surface area (Å²) in [6, 6.07) is 12.5. The highest BCUT2D eigenvalue weighted by molar-refractivity contribution is 7.98. The minimum Gasteiger partial charge on any atom is -0.495 e. The minimum absolute atomic E-state index is 0.0867. The van der Waals surface area contributed by atoms with Gasteiger partial charge in [-0.15, -0.1) is 0 Å². The largest absolute Gasteiger partial charge is 0.495 e. The van der Waals surface area contributed by atoms with Gasteiger partial charge in [0.1, 0.15) is 11.6 Å². The Morgan fingerprint density at radius 3 is 2.71 bits per heavy atom. The lowest BCUT2D eigenvalue weighted by Crippen LogP contribution is -2.25. The van der Waals surface area contributed by atoms with E-state index in [4.69, 9.17) is 27.1 Å². The first-order valence-electron chi connectivity index (χ1n) is 10.6. The van der Waals surface area contributed by atoms with Gasteiger partial charge in [-0.2, -0.15) is 15.0 Å². The van der Waals surface area contributed by atoms with Gasteiger partial charge in [-0.25, -0.2) is 4.98 Å². The van der Waals surface area contributed by atoms with E-state index >= 15 is 0 Å². The van der Waals surface area contributed by atoms with Crippen molar-refractivity contribution in [2.24, 2.45) is 5.92 Å². The van der Waals surface area contributed by atoms with Gasteiger partial charge in [-0.1, -0.05) is 49.3 Å². The minimum atomic E-state index is -0.127. The van der Waals surface area contributed by atoms with Gasteiger partial charge in [-0.05, 0) is 36.2 Å². The van der Waals surface area contributed by atoms with Crippen molar-refractivity contribution in [3.63, 3.8) is 0 Å². The lowest BCUT2D eigenvalue weighted by Gasteiger charge is -2.15. The topological polar surface area (TPSA) is 121 Å². The second-order valence-corrected chi connectivity index (χ2v) is 9.29. The summed E-state index contributed by atoms with van der Waals surface area (Å²) in [5.41, 5.74) is 7.10. The molecule has 2 aromatic heterocycles. The Hall–Kier alpha value is -3.37. The van der Waals surface area contributed by atoms with Crippen LogP contribution in [-0.4, -0.2) is 31.6 Å². The number of anilines is 3. The molecule has 0 saturated heterocycles. The van der Waals surface area contributed by atoms with Crippen molar-refractivity contribution in [2.75, 3.05) is 18.2 Å². The van der Waals surface area contributed by atoms with Gasteiger partial charge < -0.3 is 15.8 Å². The van der Waals surface area contributed by atoms with Crippen LogP contribution < -0.4 is 21.3 Å². The van der Waals surface area contributed by atoms with E-state index in [0.29, 0.717) is 56.6 Å². The number of aromatic nitrogens is 5. The molecule has 0 amide bonds. The zero-order valence-corrected chi connectivity index (χ0v) is 20.5. The number of para-hydroxylation sites is 2. The zero-order valence-electron chi connectivity index (χ0n) is 18.9. The van der Waals surface area contributed by atoms with E-state index in [0.717, 1.165) is 0 Å². The number of nitrogens with two attached hydrogens (primary N) is 1. The molecule has 0 radical (unpaired) electrons. The van der Waals surface area contributed by atoms with Gasteiger partial charge in [0.25, 0.3) is 5.56 Å². The zero-order chi connectivity index (χ0) is 24.2. The molecule has 0 bridgehead atoms. The first kappa shape index (κ1) is 23.8. The molecule has 176 valence electrons. The average molecular weight is 498 g/mol. The van der Waals surface area contributed by atoms with Crippen molar-refractivity contribution >= 4 is 51.8 Å². The fourth-order valence-corrected chi connectivity index (χ4v) is 4.40. The van der Waals surface area contributed by atoms with Gasteiger partial charge >= 0.3 is 0 Å². The Bertz CT molecular complexity index is 1390. The van der Waals surface area contributed by atoms with Crippen molar-refractivity contribution in [1.82, 2.24) is 24.5 Å². The summed E-state index contributed by atoms with van der Waals surface area (Å²) in [5, 5.41) is 4.68. The Morgan fingerprint density at radius 2 is 1.94 bits per heavy atom. The van der Waals surface area contributed by atoms with Gasteiger partial charge in [-0.3, -0.25) is 9.36 Å². The molecule has 0 saturated carbocycles. The number of hydrogen-bond acceptors (Lipinski definition) is 9. The van der Waals surface area contributed by atoms with Crippen LogP contribution in [0.3, 0.4) is 0 Å². The van der Waals surface area contributed by atoms with E-state index in [9.17, 15) is 4.79 Å². The maximum Gasteiger partial charge on any atom is 0.262 e. The number of ether oxygens (including phenoxy) is 1. The number of hydrogen-bond donors (Lipinski definition) is 2. The first-order chi connectivity index (χ1) is 16.3. The van der Waals surface area contributed by atoms with E-state index in [1.165, 1.54) is 11.8 Å². The molecule has 0 fully saturated rings. The number of methoxy groups -OCH3 is 1. The van der Waals surface area contributed by atoms with Crippen LogP contribution in [0, 0.1) is 5.92 Å². The lowest BCUT2D eigenvalue weighted by atomic mass is 10.2. The Morgan fingerprint density at radius 1 is 1.15 bits per heavy atom. The molecule has 11 heteroatoms. The molecular weight excluding hydrogens is 474 g/mol. The molecule has 9 nitrogen and oxygen atoms in total. The Balaban J connectivity index is 1.63. The molecule has 4 aromatic rings. The van der Waals surface area contributed by atoms with Gasteiger partial charge in [0.05, 0.1) is 29.5 Å². The summed E-state index contributed by atoms with van der Waals surface area (Å²) < 4.78 is 7.04. The summed E-state index contributed by atoms with van der Waals surface area (Å²) in [6.45, 7) is 4.62. The molecule has 0 atom stereocenters. The van der Waals surface area contributed by atoms with Crippen molar-refractivity contribution < 1.29 is 4.74 Å². The second-order valence-electron chi connectivity index (χ2n) is 7.91. The van der Waals surface area contributed by atoms with Crippen LogP contribution in [0.4, 0.5) is 17.6 Å². The Labute approximate surface area is 205 Å². The molecule has 0 aliphatic rings. The second kappa shape index (κ2) is 10.3. The summed E-state index contributed by atoms with van der Waals surface area (Å²) in [7, 11) is 1.59. The molecule has 0 aliphatic heterocycles. The summed E-state index contributed by atoms with van der Waals surface area (Å²) in [5.74, 6) is 2.08. The number of nitrogens with one attached hydrogen (secondary N) is 1. The fourth-order valence-electron chi connectivity index (χ4n) is 3.36. The monoisotopic (exact) mass is 497 g/mol. The number of thioether (sulfide) groups is 1. The third-order valence-corrected chi connectivity index (χ3v) is 6.02. The number of nitrogens with zero attached hydrogens (tertiary/aromatic N) is 5. The predicted octanol–water partition coefficient (Wildman–Crippen LogP) is 4.52. The van der Waals surface area contributed by atoms with Crippen molar-refractivity contribution in [3.8, 4) is 5.75 Å². The standard InChI is InChI=1S/C23H24ClN7O2S/c1-13(2)11-31-20(32)15-10-14(24)8-9-16(15)27-23(31)34-12-19-28-21(25)30-22(29-19)26-17-6-4-5-7-18(17)33-3/h4-10,13H,11-12H2,1-3H3,(H3,25,26,28,29,30). The van der Waals surface area contributed by atoms with Crippen LogP contribution in [0.15, 0.2) is 52.4 Å². The number of fused-ring (bicyclic) bond motifs is 1. The van der Waals surface area contributed by atoms with E-state index in [1.54, 1.807) is 29.9 Å². The average Bonchev–Trinajstić information content (AvgIpc) is 2.80. The van der Waals surface area contributed by atoms with Crippen LogP contribution in [0.1, 0.15) is 19.7 Å². The maximum absolute atomic E-state index is 13.2. The van der Waals surface area contributed by atoms with Crippen LogP contribution in [0.2, 0.25) is 5.02 Å². The van der Waals surface area contributed by atoms with Gasteiger partial charge in [0.15, 0.2) is 5.16 Å². The number of nitrogen functional groups attached to an aromatic ring is 1. The van der Waals surface area contributed by atoms with E-state index in [2.05, 4.69) is 20.3 Å². The van der Waals surface area contributed by atoms with Crippen molar-refractivity contribution in [2.45, 2.75) is 31.3 Å². The van der Waals surface area contributed by atoms with Crippen LogP contribution in [0.25, 0.3) is 10.9 Å². The molecule has 0 spiro atoms. The van der Waals surface area contributed by atoms with Crippen LogP contribution in [0.5, 0.6) is 5.75 Å². The SMILES string of the molecule is COc1ccccc1Nc1nc(N)nc(CSc2nc3ccc(Cl)cc3c(=O)n2CC(C)C)n1. The van der Waals surface area contributed by atoms with E-state index in [1.807, 2.05) is 38.1 Å². The molecule has 0 aliphatic carbocycles. The molecule has 34 heavy (non-hydrogen) atoms. The third kappa shape index (κ3) is 5.40. The van der Waals surface area contributed by atoms with Gasteiger partial charge in [0.2, 0.25) is 11.9 Å². The highest BCUT2D eigenvalue weighted by Crippen LogP contribution is 2.27. The normalized spacial score (nSPS) is 11.2. The van der Waals surface area contributed by atoms with Gasteiger partial charge in [0, 0.05) is 11.6 Å². The fraction of sp³-hybridized carbons (Fsp3) is 0.261. The smallest absolute Gasteiger partial charge is 0.262 e. The number of rotatable bonds is 8. The molecular formula is C23H24ClN7O2S. The summed E-state index contributed by atoms with van der Waals surface area (Å²) in [4.78, 5) is 30.8. The number of halogens is 1. The summed E-state index contributed by atoms with van der Waals surface area (Å²) in [6.07, 6.45) is 0. The molecule has 2 heterocycles. The van der Waals surface area contributed by atoms with Crippen LogP contribution >= 0.6 is 23.4 Å². The third-order valence-electron chi connectivity index (χ3n) is 4.81. The number of benzene rings is 2. The van der Waals surface area contributed by atoms with Crippen molar-refractivity contribution in [1.29, 1.82) is 0 Å². The maximum atomic E-state index is 13.2. The lowest BCUT2D eigenvalue weighted by molar-refractivity contribution is 0.417. The predicted molar refractivity (Wildman–Crippen MR) is 136 cm³/mol. The van der Waals surface area contributed by atoms with Crippen LogP contribution in [-0.2, 0) is 12.3 Å². The Kier molecular flexibility index (Phi) is 7.18. The summed E-state index contributed by atoms with van der Waals surface area (Å²) >= 11 is 7.47. The van der Waals surface area contributed by atoms with Crippen molar-refractivity contribution in [3.05, 3.63) is 63.7 Å². The van der Waals surface area contributed by atoms with E-state index < -0.39 is 0 Å². The highest BCUT2D eigenvalue weighted by Gasteiger charge is 2.15. The molecule has 3 N–H and O–H groups in total. The van der Waals surface area contributed by atoms with E-state index in [-0.39, 0.29) is 17.4 Å². The highest BCUT2D eigenvalue weighted by atomic mass is 35.5. The molecule has 0 unspecified atom stereocenters. The molecule has 2 aromatic carbocycles.